The Kier molecular flexibility index (Phi) is 6.00. The summed E-state index contributed by atoms with van der Waals surface area (Å²) in [6.45, 7) is 7.84. The van der Waals surface area contributed by atoms with E-state index >= 15 is 0 Å². The molecule has 1 heterocycles. The molecule has 0 atom stereocenters. The van der Waals surface area contributed by atoms with E-state index in [1.54, 1.807) is 7.05 Å². The Balaban J connectivity index is 2.07. The number of nitrogens with zero attached hydrogens (tertiary/aromatic N) is 2. The standard InChI is InChI=1S/C18H23BrN4O2/c1-10(2)15-14(19)17(22-21-15)18(25)23(5)9-13(24)20-16-11(3)7-6-8-12(16)4/h6-8,10H,9H2,1-5H3,(H,20,24)(H,21,22). The van der Waals surface area contributed by atoms with Gasteiger partial charge >= 0.3 is 0 Å². The molecule has 2 amide bonds. The van der Waals surface area contributed by atoms with Gasteiger partial charge in [-0.25, -0.2) is 0 Å². The Hall–Kier alpha value is -2.15. The van der Waals surface area contributed by atoms with Crippen LogP contribution in [-0.2, 0) is 4.79 Å². The molecule has 134 valence electrons. The number of rotatable bonds is 5. The predicted molar refractivity (Wildman–Crippen MR) is 102 cm³/mol. The van der Waals surface area contributed by atoms with Gasteiger partial charge in [-0.3, -0.25) is 14.7 Å². The molecule has 25 heavy (non-hydrogen) atoms. The predicted octanol–water partition coefficient (Wildman–Crippen LogP) is 3.62. The normalized spacial score (nSPS) is 10.8. The molecule has 2 rings (SSSR count). The fourth-order valence-corrected chi connectivity index (χ4v) is 3.33. The molecule has 0 spiro atoms. The van der Waals surface area contributed by atoms with Gasteiger partial charge < -0.3 is 10.2 Å². The summed E-state index contributed by atoms with van der Waals surface area (Å²) in [7, 11) is 1.59. The number of carbonyl (C=O) groups is 2. The first-order valence-electron chi connectivity index (χ1n) is 8.07. The van der Waals surface area contributed by atoms with E-state index in [0.717, 1.165) is 22.5 Å². The number of halogens is 1. The van der Waals surface area contributed by atoms with Crippen LogP contribution in [-0.4, -0.2) is 40.5 Å². The molecule has 0 unspecified atom stereocenters. The molecule has 2 aromatic rings. The highest BCUT2D eigenvalue weighted by atomic mass is 79.9. The van der Waals surface area contributed by atoms with Crippen molar-refractivity contribution in [2.45, 2.75) is 33.6 Å². The molecule has 0 fully saturated rings. The Labute approximate surface area is 156 Å². The molecule has 0 saturated heterocycles. The van der Waals surface area contributed by atoms with Crippen LogP contribution in [0.5, 0.6) is 0 Å². The van der Waals surface area contributed by atoms with E-state index in [0.29, 0.717) is 4.47 Å². The quantitative estimate of drug-likeness (QED) is 0.795. The zero-order valence-electron chi connectivity index (χ0n) is 15.1. The Morgan fingerprint density at radius 1 is 1.28 bits per heavy atom. The maximum absolute atomic E-state index is 12.6. The minimum absolute atomic E-state index is 0.0527. The number of likely N-dealkylation sites (N-methyl/N-ethyl adjacent to an activating group) is 1. The van der Waals surface area contributed by atoms with Crippen molar-refractivity contribution >= 4 is 33.4 Å². The van der Waals surface area contributed by atoms with Gasteiger partial charge in [0, 0.05) is 12.7 Å². The summed E-state index contributed by atoms with van der Waals surface area (Å²) in [4.78, 5) is 26.2. The number of amides is 2. The van der Waals surface area contributed by atoms with Gasteiger partial charge in [-0.15, -0.1) is 0 Å². The average molecular weight is 407 g/mol. The van der Waals surface area contributed by atoms with E-state index in [-0.39, 0.29) is 30.0 Å². The van der Waals surface area contributed by atoms with Gasteiger partial charge in [0.2, 0.25) is 5.91 Å². The third-order valence-electron chi connectivity index (χ3n) is 3.99. The Morgan fingerprint density at radius 2 is 1.88 bits per heavy atom. The lowest BCUT2D eigenvalue weighted by Gasteiger charge is -2.17. The van der Waals surface area contributed by atoms with Crippen LogP contribution in [0.1, 0.15) is 47.1 Å². The maximum Gasteiger partial charge on any atom is 0.275 e. The van der Waals surface area contributed by atoms with E-state index < -0.39 is 0 Å². The van der Waals surface area contributed by atoms with E-state index in [1.807, 2.05) is 45.9 Å². The number of benzene rings is 1. The lowest BCUT2D eigenvalue weighted by molar-refractivity contribution is -0.116. The van der Waals surface area contributed by atoms with Gasteiger partial charge in [0.25, 0.3) is 5.91 Å². The highest BCUT2D eigenvalue weighted by Crippen LogP contribution is 2.26. The number of nitrogens with one attached hydrogen (secondary N) is 2. The molecular weight excluding hydrogens is 384 g/mol. The van der Waals surface area contributed by atoms with Crippen molar-refractivity contribution in [1.29, 1.82) is 0 Å². The SMILES string of the molecule is Cc1cccc(C)c1NC(=O)CN(C)C(=O)c1n[nH]c(C(C)C)c1Br. The van der Waals surface area contributed by atoms with E-state index in [9.17, 15) is 9.59 Å². The van der Waals surface area contributed by atoms with Crippen LogP contribution < -0.4 is 5.32 Å². The van der Waals surface area contributed by atoms with Crippen LogP contribution in [0.3, 0.4) is 0 Å². The summed E-state index contributed by atoms with van der Waals surface area (Å²) >= 11 is 3.42. The number of aromatic nitrogens is 2. The maximum atomic E-state index is 12.6. The van der Waals surface area contributed by atoms with E-state index in [1.165, 1.54) is 4.90 Å². The number of hydrogen-bond donors (Lipinski definition) is 2. The second kappa shape index (κ2) is 7.82. The lowest BCUT2D eigenvalue weighted by Crippen LogP contribution is -2.35. The van der Waals surface area contributed by atoms with Crippen LogP contribution in [0.2, 0.25) is 0 Å². The molecule has 1 aromatic carbocycles. The average Bonchev–Trinajstić information content (AvgIpc) is 2.92. The fraction of sp³-hybridized carbons (Fsp3) is 0.389. The molecule has 2 N–H and O–H groups in total. The zero-order valence-corrected chi connectivity index (χ0v) is 16.7. The van der Waals surface area contributed by atoms with Crippen LogP contribution in [0.4, 0.5) is 5.69 Å². The third kappa shape index (κ3) is 4.28. The van der Waals surface area contributed by atoms with Crippen LogP contribution in [0, 0.1) is 13.8 Å². The van der Waals surface area contributed by atoms with Crippen molar-refractivity contribution in [2.24, 2.45) is 0 Å². The Morgan fingerprint density at radius 3 is 2.40 bits per heavy atom. The van der Waals surface area contributed by atoms with Gasteiger partial charge in [0.05, 0.1) is 16.7 Å². The second-order valence-electron chi connectivity index (χ2n) is 6.43. The topological polar surface area (TPSA) is 78.1 Å². The Bertz CT molecular complexity index is 778. The van der Waals surface area contributed by atoms with Crippen LogP contribution in [0.15, 0.2) is 22.7 Å². The number of para-hydroxylation sites is 1. The molecular formula is C18H23BrN4O2. The number of anilines is 1. The van der Waals surface area contributed by atoms with Crippen LogP contribution >= 0.6 is 15.9 Å². The van der Waals surface area contributed by atoms with Crippen molar-refractivity contribution in [3.63, 3.8) is 0 Å². The summed E-state index contributed by atoms with van der Waals surface area (Å²) in [5, 5.41) is 9.84. The largest absolute Gasteiger partial charge is 0.331 e. The second-order valence-corrected chi connectivity index (χ2v) is 7.22. The highest BCUT2D eigenvalue weighted by molar-refractivity contribution is 9.10. The van der Waals surface area contributed by atoms with Gasteiger partial charge in [-0.2, -0.15) is 5.10 Å². The minimum atomic E-state index is -0.313. The fourth-order valence-electron chi connectivity index (χ4n) is 2.52. The van der Waals surface area contributed by atoms with Gasteiger partial charge in [-0.1, -0.05) is 32.0 Å². The van der Waals surface area contributed by atoms with Gasteiger partial charge in [-0.05, 0) is 46.8 Å². The molecule has 0 radical (unpaired) electrons. The van der Waals surface area contributed by atoms with Crippen molar-refractivity contribution < 1.29 is 9.59 Å². The molecule has 1 aromatic heterocycles. The van der Waals surface area contributed by atoms with E-state index in [4.69, 9.17) is 0 Å². The molecule has 7 heteroatoms. The van der Waals surface area contributed by atoms with Crippen molar-refractivity contribution in [1.82, 2.24) is 15.1 Å². The number of H-pyrrole nitrogens is 1. The molecule has 0 aliphatic carbocycles. The first kappa shape index (κ1) is 19.2. The summed E-state index contributed by atoms with van der Waals surface area (Å²) in [6.07, 6.45) is 0. The number of carbonyl (C=O) groups excluding carboxylic acids is 2. The number of aryl methyl sites for hydroxylation is 2. The molecule has 0 aliphatic rings. The minimum Gasteiger partial charge on any atom is -0.331 e. The number of aromatic amines is 1. The van der Waals surface area contributed by atoms with Crippen molar-refractivity contribution in [3.8, 4) is 0 Å². The van der Waals surface area contributed by atoms with Crippen LogP contribution in [0.25, 0.3) is 0 Å². The first-order valence-corrected chi connectivity index (χ1v) is 8.87. The summed E-state index contributed by atoms with van der Waals surface area (Å²) in [5.74, 6) is -0.350. The van der Waals surface area contributed by atoms with Crippen molar-refractivity contribution in [3.05, 3.63) is 45.2 Å². The first-order chi connectivity index (χ1) is 11.7. The number of hydrogen-bond acceptors (Lipinski definition) is 3. The van der Waals surface area contributed by atoms with Crippen molar-refractivity contribution in [2.75, 3.05) is 18.9 Å². The summed E-state index contributed by atoms with van der Waals surface area (Å²) < 4.78 is 0.648. The van der Waals surface area contributed by atoms with Gasteiger partial charge in [0.15, 0.2) is 5.69 Å². The molecule has 0 aliphatic heterocycles. The molecule has 0 saturated carbocycles. The molecule has 6 nitrogen and oxygen atoms in total. The molecule has 0 bridgehead atoms. The summed E-state index contributed by atoms with van der Waals surface area (Å²) in [6, 6.07) is 5.81. The zero-order chi connectivity index (χ0) is 18.7. The monoisotopic (exact) mass is 406 g/mol. The van der Waals surface area contributed by atoms with Gasteiger partial charge in [0.1, 0.15) is 0 Å². The smallest absolute Gasteiger partial charge is 0.275 e. The van der Waals surface area contributed by atoms with E-state index in [2.05, 4.69) is 31.4 Å². The lowest BCUT2D eigenvalue weighted by atomic mass is 10.1. The highest BCUT2D eigenvalue weighted by Gasteiger charge is 2.23. The third-order valence-corrected chi connectivity index (χ3v) is 4.79. The summed E-state index contributed by atoms with van der Waals surface area (Å²) in [5.41, 5.74) is 3.90.